The molecule has 0 amide bonds. The van der Waals surface area contributed by atoms with E-state index in [0.717, 1.165) is 12.4 Å². The Morgan fingerprint density at radius 2 is 1.95 bits per heavy atom. The molecule has 2 aromatic rings. The molecular formula is C10H14N6O2S. The van der Waals surface area contributed by atoms with E-state index >= 15 is 0 Å². The van der Waals surface area contributed by atoms with E-state index in [1.165, 1.54) is 6.20 Å². The summed E-state index contributed by atoms with van der Waals surface area (Å²) in [6.07, 6.45) is 3.83. The Morgan fingerprint density at radius 1 is 1.32 bits per heavy atom. The molecule has 0 saturated carbocycles. The second kappa shape index (κ2) is 4.84. The maximum atomic E-state index is 12.1. The van der Waals surface area contributed by atoms with Gasteiger partial charge in [0.15, 0.2) is 0 Å². The smallest absolute Gasteiger partial charge is 0.266 e. The minimum Gasteiger partial charge on any atom is -0.368 e. The van der Waals surface area contributed by atoms with Crippen LogP contribution < -0.4 is 10.5 Å². The molecule has 0 aliphatic carbocycles. The van der Waals surface area contributed by atoms with Gasteiger partial charge in [0.25, 0.3) is 10.0 Å². The summed E-state index contributed by atoms with van der Waals surface area (Å²) < 4.78 is 28.2. The third-order valence-electron chi connectivity index (χ3n) is 2.36. The molecule has 2 aromatic heterocycles. The zero-order valence-corrected chi connectivity index (χ0v) is 11.3. The van der Waals surface area contributed by atoms with Crippen molar-refractivity contribution >= 4 is 21.8 Å². The normalized spacial score (nSPS) is 11.7. The van der Waals surface area contributed by atoms with Gasteiger partial charge in [-0.2, -0.15) is 5.10 Å². The molecule has 0 aliphatic heterocycles. The number of hydrogen-bond acceptors (Lipinski definition) is 6. The standard InChI is InChI=1S/C10H14N6O2S/c1-7(2)16-9(3-4-14-16)15-19(17,18)8-5-12-10(11)13-6-8/h3-7,15H,1-2H3,(H2,11,12,13). The second-order valence-corrected chi connectivity index (χ2v) is 5.82. The summed E-state index contributed by atoms with van der Waals surface area (Å²) in [6.45, 7) is 3.80. The zero-order valence-electron chi connectivity index (χ0n) is 10.5. The van der Waals surface area contributed by atoms with Gasteiger partial charge >= 0.3 is 0 Å². The molecule has 2 rings (SSSR count). The highest BCUT2D eigenvalue weighted by molar-refractivity contribution is 7.92. The summed E-state index contributed by atoms with van der Waals surface area (Å²) in [5, 5.41) is 4.05. The van der Waals surface area contributed by atoms with Crippen LogP contribution in [0, 0.1) is 0 Å². The fraction of sp³-hybridized carbons (Fsp3) is 0.300. The van der Waals surface area contributed by atoms with Gasteiger partial charge in [0.2, 0.25) is 5.95 Å². The minimum atomic E-state index is -3.75. The van der Waals surface area contributed by atoms with Crippen LogP contribution in [0.25, 0.3) is 0 Å². The lowest BCUT2D eigenvalue weighted by Gasteiger charge is -2.12. The van der Waals surface area contributed by atoms with Gasteiger partial charge in [0, 0.05) is 12.1 Å². The monoisotopic (exact) mass is 282 g/mol. The van der Waals surface area contributed by atoms with Crippen LogP contribution in [0.3, 0.4) is 0 Å². The van der Waals surface area contributed by atoms with Crippen LogP contribution in [-0.2, 0) is 10.0 Å². The Bertz CT molecular complexity index is 662. The van der Waals surface area contributed by atoms with Crippen molar-refractivity contribution in [2.24, 2.45) is 0 Å². The molecule has 0 spiro atoms. The molecule has 0 fully saturated rings. The number of nitrogens with zero attached hydrogens (tertiary/aromatic N) is 4. The quantitative estimate of drug-likeness (QED) is 0.850. The molecule has 3 N–H and O–H groups in total. The first-order valence-corrected chi connectivity index (χ1v) is 7.02. The van der Waals surface area contributed by atoms with Crippen molar-refractivity contribution in [3.63, 3.8) is 0 Å². The first kappa shape index (κ1) is 13.3. The predicted molar refractivity (Wildman–Crippen MR) is 69.9 cm³/mol. The fourth-order valence-electron chi connectivity index (χ4n) is 1.47. The number of nitrogens with one attached hydrogen (secondary N) is 1. The maximum Gasteiger partial charge on any atom is 0.266 e. The van der Waals surface area contributed by atoms with Crippen molar-refractivity contribution in [1.82, 2.24) is 19.7 Å². The van der Waals surface area contributed by atoms with Crippen LogP contribution in [0.1, 0.15) is 19.9 Å². The predicted octanol–water partition coefficient (Wildman–Crippen LogP) is 0.637. The summed E-state index contributed by atoms with van der Waals surface area (Å²) in [5.41, 5.74) is 5.32. The lowest BCUT2D eigenvalue weighted by atomic mass is 10.4. The van der Waals surface area contributed by atoms with Gasteiger partial charge in [0.05, 0.1) is 18.6 Å². The number of rotatable bonds is 4. The number of nitrogens with two attached hydrogens (primary N) is 1. The molecular weight excluding hydrogens is 268 g/mol. The first-order chi connectivity index (χ1) is 8.90. The summed E-state index contributed by atoms with van der Waals surface area (Å²) in [7, 11) is -3.75. The van der Waals surface area contributed by atoms with Crippen LogP contribution in [0.15, 0.2) is 29.6 Å². The summed E-state index contributed by atoms with van der Waals surface area (Å²) in [5.74, 6) is 0.401. The highest BCUT2D eigenvalue weighted by Crippen LogP contribution is 2.17. The topological polar surface area (TPSA) is 116 Å². The van der Waals surface area contributed by atoms with Gasteiger partial charge in [-0.1, -0.05) is 0 Å². The molecule has 8 nitrogen and oxygen atoms in total. The van der Waals surface area contributed by atoms with Crippen molar-refractivity contribution < 1.29 is 8.42 Å². The largest absolute Gasteiger partial charge is 0.368 e. The molecule has 0 unspecified atom stereocenters. The Hall–Kier alpha value is -2.16. The summed E-state index contributed by atoms with van der Waals surface area (Å²) >= 11 is 0. The Kier molecular flexibility index (Phi) is 3.38. The molecule has 2 heterocycles. The van der Waals surface area contributed by atoms with E-state index in [2.05, 4.69) is 19.8 Å². The third kappa shape index (κ3) is 2.81. The molecule has 0 saturated heterocycles. The fourth-order valence-corrected chi connectivity index (χ4v) is 2.41. The van der Waals surface area contributed by atoms with Gasteiger partial charge in [-0.25, -0.2) is 23.1 Å². The van der Waals surface area contributed by atoms with Gasteiger partial charge in [-0.05, 0) is 13.8 Å². The number of aromatic nitrogens is 4. The Labute approximate surface area is 110 Å². The molecule has 0 aliphatic rings. The van der Waals surface area contributed by atoms with Gasteiger partial charge in [0.1, 0.15) is 10.7 Å². The molecule has 0 atom stereocenters. The molecule has 9 heteroatoms. The molecule has 19 heavy (non-hydrogen) atoms. The van der Waals surface area contributed by atoms with Crippen molar-refractivity contribution in [1.29, 1.82) is 0 Å². The summed E-state index contributed by atoms with van der Waals surface area (Å²) in [4.78, 5) is 7.26. The zero-order chi connectivity index (χ0) is 14.0. The van der Waals surface area contributed by atoms with E-state index < -0.39 is 10.0 Å². The van der Waals surface area contributed by atoms with E-state index in [1.807, 2.05) is 13.8 Å². The van der Waals surface area contributed by atoms with Crippen LogP contribution >= 0.6 is 0 Å². The molecule has 0 radical (unpaired) electrons. The minimum absolute atomic E-state index is 0.0196. The van der Waals surface area contributed by atoms with E-state index in [0.29, 0.717) is 5.82 Å². The van der Waals surface area contributed by atoms with E-state index in [-0.39, 0.29) is 16.9 Å². The van der Waals surface area contributed by atoms with Crippen LogP contribution in [0.4, 0.5) is 11.8 Å². The van der Waals surface area contributed by atoms with Crippen molar-refractivity contribution in [2.75, 3.05) is 10.5 Å². The van der Waals surface area contributed by atoms with Crippen molar-refractivity contribution in [3.05, 3.63) is 24.7 Å². The van der Waals surface area contributed by atoms with Crippen molar-refractivity contribution in [2.45, 2.75) is 24.8 Å². The number of sulfonamides is 1. The van der Waals surface area contributed by atoms with Crippen LogP contribution in [-0.4, -0.2) is 28.2 Å². The maximum absolute atomic E-state index is 12.1. The van der Waals surface area contributed by atoms with E-state index in [1.54, 1.807) is 10.7 Å². The highest BCUT2D eigenvalue weighted by Gasteiger charge is 2.18. The molecule has 0 bridgehead atoms. The Balaban J connectivity index is 2.31. The van der Waals surface area contributed by atoms with Crippen LogP contribution in [0.2, 0.25) is 0 Å². The summed E-state index contributed by atoms with van der Waals surface area (Å²) in [6, 6.07) is 1.62. The molecule has 102 valence electrons. The SMILES string of the molecule is CC(C)n1nccc1NS(=O)(=O)c1cnc(N)nc1. The van der Waals surface area contributed by atoms with Gasteiger partial charge in [-0.3, -0.25) is 4.72 Å². The second-order valence-electron chi connectivity index (χ2n) is 4.14. The molecule has 0 aromatic carbocycles. The highest BCUT2D eigenvalue weighted by atomic mass is 32.2. The number of hydrogen-bond donors (Lipinski definition) is 2. The Morgan fingerprint density at radius 3 is 2.53 bits per heavy atom. The lowest BCUT2D eigenvalue weighted by molar-refractivity contribution is 0.539. The number of nitrogen functional groups attached to an aromatic ring is 1. The third-order valence-corrected chi connectivity index (χ3v) is 3.67. The average Bonchev–Trinajstić information content (AvgIpc) is 2.77. The van der Waals surface area contributed by atoms with Gasteiger partial charge in [-0.15, -0.1) is 0 Å². The van der Waals surface area contributed by atoms with Crippen LogP contribution in [0.5, 0.6) is 0 Å². The average molecular weight is 282 g/mol. The van der Waals surface area contributed by atoms with Crippen molar-refractivity contribution in [3.8, 4) is 0 Å². The first-order valence-electron chi connectivity index (χ1n) is 5.54. The number of anilines is 2. The lowest BCUT2D eigenvalue weighted by Crippen LogP contribution is -2.18. The van der Waals surface area contributed by atoms with E-state index in [4.69, 9.17) is 5.73 Å². The van der Waals surface area contributed by atoms with E-state index in [9.17, 15) is 8.42 Å². The van der Waals surface area contributed by atoms with Gasteiger partial charge < -0.3 is 5.73 Å².